The van der Waals surface area contributed by atoms with Gasteiger partial charge in [-0.15, -0.1) is 0 Å². The van der Waals surface area contributed by atoms with Crippen LogP contribution >= 0.6 is 0 Å². The van der Waals surface area contributed by atoms with Crippen LogP contribution in [-0.4, -0.2) is 25.3 Å². The third-order valence-corrected chi connectivity index (χ3v) is 2.34. The van der Waals surface area contributed by atoms with E-state index in [-0.39, 0.29) is 11.3 Å². The first-order valence-corrected chi connectivity index (χ1v) is 5.12. The molecule has 1 aromatic carbocycles. The van der Waals surface area contributed by atoms with E-state index >= 15 is 0 Å². The third kappa shape index (κ3) is 2.78. The van der Waals surface area contributed by atoms with Gasteiger partial charge in [-0.3, -0.25) is 0 Å². The molecule has 0 aliphatic heterocycles. The standard InChI is InChI=1S/C13H16O4/c1-8(2)7-9-10(14)5-6-11(16-3)12(9)13(15)17-4/h5-6,14H,1,7H2,2-4H3. The first kappa shape index (κ1) is 13.1. The van der Waals surface area contributed by atoms with Crippen molar-refractivity contribution in [2.24, 2.45) is 0 Å². The molecule has 0 amide bonds. The largest absolute Gasteiger partial charge is 0.508 e. The molecule has 1 N–H and O–H groups in total. The average Bonchev–Trinajstić information content (AvgIpc) is 2.30. The molecule has 17 heavy (non-hydrogen) atoms. The van der Waals surface area contributed by atoms with Crippen molar-refractivity contribution in [2.75, 3.05) is 14.2 Å². The Balaban J connectivity index is 3.41. The Morgan fingerprint density at radius 2 is 2.06 bits per heavy atom. The van der Waals surface area contributed by atoms with Crippen LogP contribution in [0.1, 0.15) is 22.8 Å². The number of carbonyl (C=O) groups excluding carboxylic acids is 1. The van der Waals surface area contributed by atoms with Crippen molar-refractivity contribution < 1.29 is 19.4 Å². The number of ether oxygens (including phenoxy) is 2. The summed E-state index contributed by atoms with van der Waals surface area (Å²) in [6.45, 7) is 5.59. The fourth-order valence-corrected chi connectivity index (χ4v) is 1.59. The SMILES string of the molecule is C=C(C)Cc1c(O)ccc(OC)c1C(=O)OC. The van der Waals surface area contributed by atoms with E-state index < -0.39 is 5.97 Å². The molecule has 0 saturated carbocycles. The lowest BCUT2D eigenvalue weighted by Gasteiger charge is -2.13. The van der Waals surface area contributed by atoms with Crippen LogP contribution in [0, 0.1) is 0 Å². The molecule has 0 atom stereocenters. The first-order chi connectivity index (χ1) is 8.01. The number of esters is 1. The van der Waals surface area contributed by atoms with Crippen LogP contribution in [0.15, 0.2) is 24.3 Å². The first-order valence-electron chi connectivity index (χ1n) is 5.12. The Kier molecular flexibility index (Phi) is 4.15. The maximum atomic E-state index is 11.7. The zero-order valence-electron chi connectivity index (χ0n) is 10.2. The van der Waals surface area contributed by atoms with Crippen LogP contribution in [0.3, 0.4) is 0 Å². The number of phenols is 1. The Hall–Kier alpha value is -1.97. The molecule has 0 spiro atoms. The highest BCUT2D eigenvalue weighted by molar-refractivity contribution is 5.95. The van der Waals surface area contributed by atoms with Gasteiger partial charge in [-0.1, -0.05) is 12.2 Å². The van der Waals surface area contributed by atoms with Gasteiger partial charge in [-0.05, 0) is 25.5 Å². The molecule has 92 valence electrons. The number of carbonyl (C=O) groups is 1. The molecule has 4 heteroatoms. The van der Waals surface area contributed by atoms with E-state index in [2.05, 4.69) is 6.58 Å². The van der Waals surface area contributed by atoms with Crippen LogP contribution in [0.5, 0.6) is 11.5 Å². The van der Waals surface area contributed by atoms with Crippen molar-refractivity contribution in [1.82, 2.24) is 0 Å². The van der Waals surface area contributed by atoms with Gasteiger partial charge < -0.3 is 14.6 Å². The number of hydrogen-bond acceptors (Lipinski definition) is 4. The van der Waals surface area contributed by atoms with Crippen LogP contribution in [0.4, 0.5) is 0 Å². The molecule has 0 aliphatic carbocycles. The molecule has 1 aromatic rings. The van der Waals surface area contributed by atoms with Crippen LogP contribution < -0.4 is 4.74 Å². The number of methoxy groups -OCH3 is 2. The number of hydrogen-bond donors (Lipinski definition) is 1. The summed E-state index contributed by atoms with van der Waals surface area (Å²) in [5.41, 5.74) is 1.56. The predicted molar refractivity (Wildman–Crippen MR) is 64.5 cm³/mol. The Bertz CT molecular complexity index is 449. The van der Waals surface area contributed by atoms with Crippen molar-refractivity contribution in [1.29, 1.82) is 0 Å². The van der Waals surface area contributed by atoms with E-state index in [1.165, 1.54) is 26.4 Å². The molecule has 0 heterocycles. The van der Waals surface area contributed by atoms with Gasteiger partial charge in [0.05, 0.1) is 14.2 Å². The second kappa shape index (κ2) is 5.39. The maximum absolute atomic E-state index is 11.7. The minimum absolute atomic E-state index is 0.0363. The predicted octanol–water partition coefficient (Wildman–Crippen LogP) is 2.31. The Morgan fingerprint density at radius 3 is 2.53 bits per heavy atom. The molecule has 0 saturated heterocycles. The Morgan fingerprint density at radius 1 is 1.41 bits per heavy atom. The molecule has 0 aliphatic rings. The summed E-state index contributed by atoms with van der Waals surface area (Å²) in [7, 11) is 2.75. The van der Waals surface area contributed by atoms with Gasteiger partial charge in [0.2, 0.25) is 0 Å². The number of rotatable bonds is 4. The lowest BCUT2D eigenvalue weighted by Crippen LogP contribution is -2.09. The molecule has 0 bridgehead atoms. The molecule has 0 unspecified atom stereocenters. The smallest absolute Gasteiger partial charge is 0.342 e. The van der Waals surface area contributed by atoms with E-state index in [0.717, 1.165) is 5.57 Å². The number of phenolic OH excluding ortho intramolecular Hbond substituents is 1. The van der Waals surface area contributed by atoms with E-state index in [1.807, 2.05) is 6.92 Å². The molecular weight excluding hydrogens is 220 g/mol. The molecule has 0 aromatic heterocycles. The molecule has 0 fully saturated rings. The zero-order chi connectivity index (χ0) is 13.0. The summed E-state index contributed by atoms with van der Waals surface area (Å²) in [6, 6.07) is 3.02. The van der Waals surface area contributed by atoms with Gasteiger partial charge in [0, 0.05) is 5.56 Å². The minimum Gasteiger partial charge on any atom is -0.508 e. The minimum atomic E-state index is -0.533. The van der Waals surface area contributed by atoms with Crippen molar-refractivity contribution in [2.45, 2.75) is 13.3 Å². The fourth-order valence-electron chi connectivity index (χ4n) is 1.59. The van der Waals surface area contributed by atoms with Crippen molar-refractivity contribution >= 4 is 5.97 Å². The van der Waals surface area contributed by atoms with Gasteiger partial charge in [-0.25, -0.2) is 4.79 Å². The van der Waals surface area contributed by atoms with Gasteiger partial charge >= 0.3 is 5.97 Å². The Labute approximate surface area is 100 Å². The lowest BCUT2D eigenvalue weighted by molar-refractivity contribution is 0.0595. The maximum Gasteiger partial charge on any atom is 0.342 e. The summed E-state index contributed by atoms with van der Waals surface area (Å²) in [5, 5.41) is 9.80. The van der Waals surface area contributed by atoms with Gasteiger partial charge in [0.25, 0.3) is 0 Å². The fraction of sp³-hybridized carbons (Fsp3) is 0.308. The normalized spacial score (nSPS) is 9.82. The van der Waals surface area contributed by atoms with Crippen LogP contribution in [-0.2, 0) is 11.2 Å². The van der Waals surface area contributed by atoms with Crippen molar-refractivity contribution in [3.05, 3.63) is 35.4 Å². The molecule has 4 nitrogen and oxygen atoms in total. The van der Waals surface area contributed by atoms with Crippen LogP contribution in [0.2, 0.25) is 0 Å². The summed E-state index contributed by atoms with van der Waals surface area (Å²) < 4.78 is 9.80. The number of aromatic hydroxyl groups is 1. The summed E-state index contributed by atoms with van der Waals surface area (Å²) in [5.74, 6) is -0.117. The second-order valence-electron chi connectivity index (χ2n) is 3.77. The summed E-state index contributed by atoms with van der Waals surface area (Å²) >= 11 is 0. The number of benzene rings is 1. The quantitative estimate of drug-likeness (QED) is 0.643. The summed E-state index contributed by atoms with van der Waals surface area (Å²) in [4.78, 5) is 11.7. The van der Waals surface area contributed by atoms with E-state index in [4.69, 9.17) is 9.47 Å². The van der Waals surface area contributed by atoms with Gasteiger partial charge in [0.15, 0.2) is 0 Å². The topological polar surface area (TPSA) is 55.8 Å². The summed E-state index contributed by atoms with van der Waals surface area (Å²) in [6.07, 6.45) is 0.396. The highest BCUT2D eigenvalue weighted by atomic mass is 16.5. The van der Waals surface area contributed by atoms with Crippen molar-refractivity contribution in [3.63, 3.8) is 0 Å². The molecule has 1 rings (SSSR count). The van der Waals surface area contributed by atoms with Gasteiger partial charge in [-0.2, -0.15) is 0 Å². The van der Waals surface area contributed by atoms with Gasteiger partial charge in [0.1, 0.15) is 17.1 Å². The average molecular weight is 236 g/mol. The second-order valence-corrected chi connectivity index (χ2v) is 3.77. The molecule has 0 radical (unpaired) electrons. The van der Waals surface area contributed by atoms with E-state index in [1.54, 1.807) is 0 Å². The van der Waals surface area contributed by atoms with E-state index in [9.17, 15) is 9.90 Å². The molecular formula is C13H16O4. The highest BCUT2D eigenvalue weighted by Gasteiger charge is 2.21. The number of allylic oxidation sites excluding steroid dienone is 1. The lowest BCUT2D eigenvalue weighted by atomic mass is 9.99. The third-order valence-electron chi connectivity index (χ3n) is 2.34. The van der Waals surface area contributed by atoms with Crippen LogP contribution in [0.25, 0.3) is 0 Å². The zero-order valence-corrected chi connectivity index (χ0v) is 10.2. The monoisotopic (exact) mass is 236 g/mol. The van der Waals surface area contributed by atoms with E-state index in [0.29, 0.717) is 17.7 Å². The highest BCUT2D eigenvalue weighted by Crippen LogP contribution is 2.31. The van der Waals surface area contributed by atoms with Crippen molar-refractivity contribution in [3.8, 4) is 11.5 Å².